The second kappa shape index (κ2) is 6.32. The number of carbonyl (C=O) groups excluding carboxylic acids is 1. The number of hydrogen-bond donors (Lipinski definition) is 2. The van der Waals surface area contributed by atoms with Gasteiger partial charge < -0.3 is 19.3 Å². The molecule has 0 aliphatic rings. The van der Waals surface area contributed by atoms with Gasteiger partial charge in [0.25, 0.3) is 5.91 Å². The van der Waals surface area contributed by atoms with E-state index >= 15 is 0 Å². The van der Waals surface area contributed by atoms with Gasteiger partial charge in [0.1, 0.15) is 5.76 Å². The van der Waals surface area contributed by atoms with Crippen molar-refractivity contribution in [3.8, 4) is 0 Å². The normalized spacial score (nSPS) is 13.5. The second-order valence-corrected chi connectivity index (χ2v) is 5.42. The minimum Gasteiger partial charge on any atom is -0.472 e. The van der Waals surface area contributed by atoms with E-state index in [0.29, 0.717) is 21.9 Å². The highest BCUT2D eigenvalue weighted by atomic mass is 35.5. The van der Waals surface area contributed by atoms with E-state index in [1.54, 1.807) is 42.5 Å². The summed E-state index contributed by atoms with van der Waals surface area (Å²) < 4.78 is 10.3. The summed E-state index contributed by atoms with van der Waals surface area (Å²) in [5.41, 5.74) is -0.719. The summed E-state index contributed by atoms with van der Waals surface area (Å²) in [5, 5.41) is 14.0. The Morgan fingerprint density at radius 1 is 1.17 bits per heavy atom. The van der Waals surface area contributed by atoms with Gasteiger partial charge in [-0.25, -0.2) is 0 Å². The molecule has 0 aliphatic carbocycles. The molecular formula is C17H14ClNO4. The fourth-order valence-electron chi connectivity index (χ4n) is 2.29. The van der Waals surface area contributed by atoms with Crippen molar-refractivity contribution in [1.29, 1.82) is 0 Å². The molecule has 3 rings (SSSR count). The van der Waals surface area contributed by atoms with Crippen molar-refractivity contribution in [2.75, 3.05) is 6.54 Å². The van der Waals surface area contributed by atoms with Gasteiger partial charge in [-0.05, 0) is 30.3 Å². The molecule has 23 heavy (non-hydrogen) atoms. The van der Waals surface area contributed by atoms with Crippen molar-refractivity contribution in [2.45, 2.75) is 5.60 Å². The fourth-order valence-corrected chi connectivity index (χ4v) is 2.52. The Hall–Kier alpha value is -2.50. The first-order valence-corrected chi connectivity index (χ1v) is 7.31. The largest absolute Gasteiger partial charge is 0.472 e. The van der Waals surface area contributed by atoms with E-state index in [1.807, 2.05) is 0 Å². The molecule has 6 heteroatoms. The molecule has 2 N–H and O–H groups in total. The van der Waals surface area contributed by atoms with Crippen LogP contribution in [-0.4, -0.2) is 17.6 Å². The monoisotopic (exact) mass is 331 g/mol. The highest BCUT2D eigenvalue weighted by Gasteiger charge is 2.36. The molecule has 0 radical (unpaired) electrons. The maximum atomic E-state index is 12.3. The first-order valence-electron chi connectivity index (χ1n) is 6.93. The van der Waals surface area contributed by atoms with Gasteiger partial charge in [-0.3, -0.25) is 4.79 Å². The average molecular weight is 332 g/mol. The molecule has 0 saturated carbocycles. The van der Waals surface area contributed by atoms with E-state index in [2.05, 4.69) is 5.32 Å². The van der Waals surface area contributed by atoms with Crippen LogP contribution in [0.15, 0.2) is 70.1 Å². The summed E-state index contributed by atoms with van der Waals surface area (Å²) in [6, 6.07) is 11.6. The Balaban J connectivity index is 1.84. The SMILES string of the molecule is O=C(NCC(O)(c1ccoc1)c1ccco1)c1ccccc1Cl. The smallest absolute Gasteiger partial charge is 0.252 e. The molecule has 118 valence electrons. The number of aliphatic hydroxyl groups is 1. The highest BCUT2D eigenvalue weighted by molar-refractivity contribution is 6.33. The summed E-state index contributed by atoms with van der Waals surface area (Å²) in [4.78, 5) is 12.3. The van der Waals surface area contributed by atoms with Crippen molar-refractivity contribution < 1.29 is 18.7 Å². The van der Waals surface area contributed by atoms with E-state index in [-0.39, 0.29) is 12.5 Å². The molecule has 3 aromatic rings. The van der Waals surface area contributed by atoms with Gasteiger partial charge in [-0.2, -0.15) is 0 Å². The van der Waals surface area contributed by atoms with Crippen LogP contribution >= 0.6 is 11.6 Å². The van der Waals surface area contributed by atoms with Crippen LogP contribution in [0.3, 0.4) is 0 Å². The van der Waals surface area contributed by atoms with Crippen LogP contribution in [0.1, 0.15) is 21.7 Å². The minimum atomic E-state index is -1.53. The van der Waals surface area contributed by atoms with Crippen molar-refractivity contribution >= 4 is 17.5 Å². The second-order valence-electron chi connectivity index (χ2n) is 5.01. The molecular weight excluding hydrogens is 318 g/mol. The number of amides is 1. The summed E-state index contributed by atoms with van der Waals surface area (Å²) in [7, 11) is 0. The Morgan fingerprint density at radius 3 is 2.65 bits per heavy atom. The third-order valence-corrected chi connectivity index (χ3v) is 3.88. The molecule has 1 atom stereocenters. The average Bonchev–Trinajstić information content (AvgIpc) is 3.25. The topological polar surface area (TPSA) is 75.6 Å². The number of hydrogen-bond acceptors (Lipinski definition) is 4. The van der Waals surface area contributed by atoms with Gasteiger partial charge >= 0.3 is 0 Å². The van der Waals surface area contributed by atoms with Gasteiger partial charge in [-0.15, -0.1) is 0 Å². The van der Waals surface area contributed by atoms with Crippen LogP contribution in [0.25, 0.3) is 0 Å². The molecule has 0 aliphatic heterocycles. The maximum absolute atomic E-state index is 12.3. The van der Waals surface area contributed by atoms with E-state index in [4.69, 9.17) is 20.4 Å². The predicted molar refractivity (Wildman–Crippen MR) is 84.2 cm³/mol. The van der Waals surface area contributed by atoms with Gasteiger partial charge in [-0.1, -0.05) is 23.7 Å². The highest BCUT2D eigenvalue weighted by Crippen LogP contribution is 2.30. The summed E-state index contributed by atoms with van der Waals surface area (Å²) in [6.07, 6.45) is 4.31. The molecule has 1 aromatic carbocycles. The Labute approximate surface area is 137 Å². The standard InChI is InChI=1S/C17H14ClNO4/c18-14-5-2-1-4-13(14)16(20)19-11-17(21,12-7-9-22-10-12)15-6-3-8-23-15/h1-10,21H,11H2,(H,19,20). The van der Waals surface area contributed by atoms with Crippen molar-refractivity contribution in [3.05, 3.63) is 83.2 Å². The number of benzene rings is 1. The van der Waals surface area contributed by atoms with Gasteiger partial charge in [0, 0.05) is 5.56 Å². The zero-order chi connectivity index (χ0) is 16.3. The molecule has 5 nitrogen and oxygen atoms in total. The van der Waals surface area contributed by atoms with E-state index in [1.165, 1.54) is 18.8 Å². The first kappa shape index (κ1) is 15.4. The van der Waals surface area contributed by atoms with Crippen LogP contribution in [-0.2, 0) is 5.60 Å². The van der Waals surface area contributed by atoms with Gasteiger partial charge in [0.2, 0.25) is 0 Å². The first-order chi connectivity index (χ1) is 11.1. The molecule has 0 spiro atoms. The van der Waals surface area contributed by atoms with Crippen molar-refractivity contribution in [3.63, 3.8) is 0 Å². The van der Waals surface area contributed by atoms with E-state index in [9.17, 15) is 9.90 Å². The summed E-state index contributed by atoms with van der Waals surface area (Å²) in [6.45, 7) is -0.0932. The zero-order valence-corrected chi connectivity index (χ0v) is 12.8. The zero-order valence-electron chi connectivity index (χ0n) is 12.0. The summed E-state index contributed by atoms with van der Waals surface area (Å²) >= 11 is 6.01. The lowest BCUT2D eigenvalue weighted by Gasteiger charge is -2.25. The third-order valence-electron chi connectivity index (χ3n) is 3.55. The molecule has 2 aromatic heterocycles. The molecule has 1 unspecified atom stereocenters. The molecule has 1 amide bonds. The van der Waals surface area contributed by atoms with E-state index in [0.717, 1.165) is 0 Å². The third kappa shape index (κ3) is 3.02. The number of rotatable bonds is 5. The number of carbonyl (C=O) groups is 1. The van der Waals surface area contributed by atoms with Crippen LogP contribution < -0.4 is 5.32 Å². The van der Waals surface area contributed by atoms with Crippen molar-refractivity contribution in [1.82, 2.24) is 5.32 Å². The minimum absolute atomic E-state index is 0.0932. The van der Waals surface area contributed by atoms with Crippen LogP contribution in [0.2, 0.25) is 5.02 Å². The number of furan rings is 2. The molecule has 0 fully saturated rings. The van der Waals surface area contributed by atoms with Crippen LogP contribution in [0, 0.1) is 0 Å². The molecule has 0 saturated heterocycles. The maximum Gasteiger partial charge on any atom is 0.252 e. The lowest BCUT2D eigenvalue weighted by Crippen LogP contribution is -2.41. The quantitative estimate of drug-likeness (QED) is 0.753. The van der Waals surface area contributed by atoms with Crippen LogP contribution in [0.4, 0.5) is 0 Å². The molecule has 2 heterocycles. The van der Waals surface area contributed by atoms with Crippen LogP contribution in [0.5, 0.6) is 0 Å². The van der Waals surface area contributed by atoms with E-state index < -0.39 is 5.60 Å². The summed E-state index contributed by atoms with van der Waals surface area (Å²) in [5.74, 6) is -0.0811. The Kier molecular flexibility index (Phi) is 4.23. The fraction of sp³-hybridized carbons (Fsp3) is 0.118. The Morgan fingerprint density at radius 2 is 2.00 bits per heavy atom. The van der Waals surface area contributed by atoms with Crippen molar-refractivity contribution in [2.24, 2.45) is 0 Å². The Bertz CT molecular complexity index is 747. The number of halogens is 1. The molecule has 0 bridgehead atoms. The lowest BCUT2D eigenvalue weighted by molar-refractivity contribution is 0.0520. The van der Waals surface area contributed by atoms with Gasteiger partial charge in [0.15, 0.2) is 5.60 Å². The predicted octanol–water partition coefficient (Wildman–Crippen LogP) is 3.19. The lowest BCUT2D eigenvalue weighted by atomic mass is 9.93. The van der Waals surface area contributed by atoms with Gasteiger partial charge in [0.05, 0.1) is 35.9 Å². The number of nitrogens with one attached hydrogen (secondary N) is 1.